The van der Waals surface area contributed by atoms with Crippen LogP contribution in [-0.2, 0) is 6.54 Å². The van der Waals surface area contributed by atoms with Crippen LogP contribution in [0.2, 0.25) is 0 Å². The van der Waals surface area contributed by atoms with Crippen molar-refractivity contribution >= 4 is 29.1 Å². The lowest BCUT2D eigenvalue weighted by atomic mass is 10.1. The molecule has 2 N–H and O–H groups in total. The monoisotopic (exact) mass is 261 g/mol. The van der Waals surface area contributed by atoms with Crippen LogP contribution in [-0.4, -0.2) is 34.6 Å². The molecule has 0 bridgehead atoms. The van der Waals surface area contributed by atoms with Crippen LogP contribution in [0, 0.1) is 0 Å². The summed E-state index contributed by atoms with van der Waals surface area (Å²) in [4.78, 5) is 14.6. The molecule has 2 heterocycles. The zero-order chi connectivity index (χ0) is 12.5. The van der Waals surface area contributed by atoms with E-state index in [2.05, 4.69) is 27.1 Å². The second-order valence-corrected chi connectivity index (χ2v) is 4.55. The summed E-state index contributed by atoms with van der Waals surface area (Å²) in [6.45, 7) is 0.729. The molecule has 1 aromatic carbocycles. The van der Waals surface area contributed by atoms with E-state index in [-0.39, 0.29) is 17.5 Å². The maximum atomic E-state index is 5.85. The van der Waals surface area contributed by atoms with Gasteiger partial charge in [0.25, 0.3) is 0 Å². The maximum Gasteiger partial charge on any atom is 0.221 e. The Balaban J connectivity index is 1.81. The minimum atomic E-state index is -0.212. The van der Waals surface area contributed by atoms with Crippen LogP contribution in [0.3, 0.4) is 0 Å². The topological polar surface area (TPSA) is 66.3 Å². The Hall–Kier alpha value is -1.88. The van der Waals surface area contributed by atoms with E-state index in [0.29, 0.717) is 5.84 Å². The molecule has 92 valence electrons. The zero-order valence-electron chi connectivity index (χ0n) is 9.57. The van der Waals surface area contributed by atoms with Crippen molar-refractivity contribution in [1.29, 1.82) is 0 Å². The molecule has 2 aliphatic rings. The summed E-state index contributed by atoms with van der Waals surface area (Å²) in [5.74, 6) is 0.423. The lowest BCUT2D eigenvalue weighted by molar-refractivity contribution is 0.335. The Bertz CT molecular complexity index is 537. The van der Waals surface area contributed by atoms with E-state index in [1.807, 2.05) is 23.1 Å². The van der Waals surface area contributed by atoms with E-state index >= 15 is 0 Å². The van der Waals surface area contributed by atoms with Crippen molar-refractivity contribution in [1.82, 2.24) is 4.90 Å². The molecule has 5 nitrogen and oxygen atoms in total. The standard InChI is InChI=1S/C12H12ClN5/c13-12-16-10(14)9-11(17-12)18(7-15-9)6-8-4-2-1-3-5-8/h1-5,7,9,11H,6H2,(H2,14,16,17)/t9-,11+/m1/s1. The molecule has 0 unspecified atom stereocenters. The van der Waals surface area contributed by atoms with Gasteiger partial charge in [0.05, 0.1) is 6.34 Å². The van der Waals surface area contributed by atoms with Crippen LogP contribution in [0.4, 0.5) is 0 Å². The van der Waals surface area contributed by atoms with Gasteiger partial charge in [-0.3, -0.25) is 4.99 Å². The molecule has 6 heteroatoms. The summed E-state index contributed by atoms with van der Waals surface area (Å²) in [7, 11) is 0. The van der Waals surface area contributed by atoms with Gasteiger partial charge in [-0.1, -0.05) is 30.3 Å². The summed E-state index contributed by atoms with van der Waals surface area (Å²) in [6.07, 6.45) is 1.60. The molecule has 0 spiro atoms. The molecule has 18 heavy (non-hydrogen) atoms. The van der Waals surface area contributed by atoms with E-state index in [4.69, 9.17) is 17.3 Å². The number of hydrogen-bond donors (Lipinski definition) is 1. The van der Waals surface area contributed by atoms with Gasteiger partial charge < -0.3 is 10.6 Å². The van der Waals surface area contributed by atoms with Gasteiger partial charge >= 0.3 is 0 Å². The number of rotatable bonds is 2. The van der Waals surface area contributed by atoms with Gasteiger partial charge in [-0.25, -0.2) is 9.98 Å². The fraction of sp³-hybridized carbons (Fsp3) is 0.250. The van der Waals surface area contributed by atoms with Gasteiger partial charge in [0.15, 0.2) is 6.17 Å². The first-order valence-corrected chi connectivity index (χ1v) is 6.02. The average molecular weight is 262 g/mol. The molecule has 1 aromatic rings. The zero-order valence-corrected chi connectivity index (χ0v) is 10.3. The number of hydrogen-bond acceptors (Lipinski definition) is 5. The molecule has 0 fully saturated rings. The van der Waals surface area contributed by atoms with Gasteiger partial charge in [-0.15, -0.1) is 0 Å². The molecule has 3 rings (SSSR count). The fourth-order valence-corrected chi connectivity index (χ4v) is 2.29. The van der Waals surface area contributed by atoms with Gasteiger partial charge in [0, 0.05) is 6.54 Å². The van der Waals surface area contributed by atoms with Crippen molar-refractivity contribution in [3.63, 3.8) is 0 Å². The van der Waals surface area contributed by atoms with Crippen molar-refractivity contribution in [2.45, 2.75) is 18.8 Å². The van der Waals surface area contributed by atoms with Gasteiger partial charge in [0.1, 0.15) is 11.9 Å². The molecule has 0 radical (unpaired) electrons. The third-order valence-corrected chi connectivity index (χ3v) is 3.15. The smallest absolute Gasteiger partial charge is 0.221 e. The highest BCUT2D eigenvalue weighted by Crippen LogP contribution is 2.22. The van der Waals surface area contributed by atoms with E-state index in [1.54, 1.807) is 6.34 Å². The second kappa shape index (κ2) is 4.42. The summed E-state index contributed by atoms with van der Waals surface area (Å²) >= 11 is 5.85. The number of halogens is 1. The molecular formula is C12H12ClN5. The molecular weight excluding hydrogens is 250 g/mol. The number of aliphatic imine (C=N–C) groups is 3. The minimum absolute atomic E-state index is 0.171. The largest absolute Gasteiger partial charge is 0.385 e. The third kappa shape index (κ3) is 1.97. The SMILES string of the molecule is NC1=NC(Cl)=N[C@@H]2[C@@H]1N=CN2Cc1ccccc1. The quantitative estimate of drug-likeness (QED) is 0.813. The summed E-state index contributed by atoms with van der Waals surface area (Å²) < 4.78 is 0. The van der Waals surface area contributed by atoms with Crippen LogP contribution in [0.5, 0.6) is 0 Å². The molecule has 0 saturated heterocycles. The first-order chi connectivity index (χ1) is 8.74. The summed E-state index contributed by atoms with van der Waals surface area (Å²) in [5, 5.41) is 0.192. The Morgan fingerprint density at radius 1 is 1.28 bits per heavy atom. The van der Waals surface area contributed by atoms with Gasteiger partial charge in [-0.2, -0.15) is 0 Å². The van der Waals surface area contributed by atoms with E-state index in [0.717, 1.165) is 6.54 Å². The molecule has 2 atom stereocenters. The second-order valence-electron chi connectivity index (χ2n) is 4.22. The fourth-order valence-electron chi connectivity index (χ4n) is 2.10. The predicted octanol–water partition coefficient (Wildman–Crippen LogP) is 1.19. The van der Waals surface area contributed by atoms with Crippen molar-refractivity contribution in [3.8, 4) is 0 Å². The number of nitrogens with zero attached hydrogens (tertiary/aromatic N) is 4. The van der Waals surface area contributed by atoms with Gasteiger partial charge in [0.2, 0.25) is 5.29 Å². The normalized spacial score (nSPS) is 25.7. The van der Waals surface area contributed by atoms with Crippen molar-refractivity contribution < 1.29 is 0 Å². The van der Waals surface area contributed by atoms with Crippen molar-refractivity contribution in [2.24, 2.45) is 20.7 Å². The molecule has 0 aliphatic carbocycles. The van der Waals surface area contributed by atoms with Gasteiger partial charge in [-0.05, 0) is 17.2 Å². The van der Waals surface area contributed by atoms with E-state index in [1.165, 1.54) is 5.56 Å². The van der Waals surface area contributed by atoms with E-state index in [9.17, 15) is 0 Å². The predicted molar refractivity (Wildman–Crippen MR) is 73.0 cm³/mol. The van der Waals surface area contributed by atoms with E-state index < -0.39 is 0 Å². The van der Waals surface area contributed by atoms with Crippen LogP contribution >= 0.6 is 11.6 Å². The molecule has 0 saturated carbocycles. The molecule has 2 aliphatic heterocycles. The molecule has 0 amide bonds. The van der Waals surface area contributed by atoms with Crippen LogP contribution in [0.15, 0.2) is 45.3 Å². The van der Waals surface area contributed by atoms with Crippen LogP contribution in [0.1, 0.15) is 5.56 Å². The first kappa shape index (κ1) is 11.2. The molecule has 0 aromatic heterocycles. The number of amidine groups is 2. The van der Waals surface area contributed by atoms with Crippen molar-refractivity contribution in [2.75, 3.05) is 0 Å². The minimum Gasteiger partial charge on any atom is -0.385 e. The average Bonchev–Trinajstić information content (AvgIpc) is 2.74. The Kier molecular flexibility index (Phi) is 2.76. The highest BCUT2D eigenvalue weighted by molar-refractivity contribution is 6.65. The lowest BCUT2D eigenvalue weighted by Crippen LogP contribution is -2.44. The van der Waals surface area contributed by atoms with Crippen LogP contribution in [0.25, 0.3) is 0 Å². The highest BCUT2D eigenvalue weighted by atomic mass is 35.5. The highest BCUT2D eigenvalue weighted by Gasteiger charge is 2.35. The summed E-state index contributed by atoms with van der Waals surface area (Å²) in [5.41, 5.74) is 7.00. The number of nitrogens with two attached hydrogens (primary N) is 1. The first-order valence-electron chi connectivity index (χ1n) is 5.64. The Labute approximate surface area is 110 Å². The number of fused-ring (bicyclic) bond motifs is 1. The lowest BCUT2D eigenvalue weighted by Gasteiger charge is -2.26. The van der Waals surface area contributed by atoms with Crippen LogP contribution < -0.4 is 5.73 Å². The van der Waals surface area contributed by atoms with Crippen molar-refractivity contribution in [3.05, 3.63) is 35.9 Å². The third-order valence-electron chi connectivity index (χ3n) is 2.97. The Morgan fingerprint density at radius 2 is 2.06 bits per heavy atom. The number of benzene rings is 1. The Morgan fingerprint density at radius 3 is 2.83 bits per heavy atom. The maximum absolute atomic E-state index is 5.85. The summed E-state index contributed by atoms with van der Waals surface area (Å²) in [6, 6.07) is 9.92.